The predicted molar refractivity (Wildman–Crippen MR) is 42.6 cm³/mol. The van der Waals surface area contributed by atoms with Crippen LogP contribution in [-0.2, 0) is 9.59 Å². The molecule has 0 saturated carbocycles. The van der Waals surface area contributed by atoms with E-state index in [9.17, 15) is 14.4 Å². The van der Waals surface area contributed by atoms with Gasteiger partial charge in [0.25, 0.3) is 0 Å². The summed E-state index contributed by atoms with van der Waals surface area (Å²) in [5.74, 6) is -0.844. The zero-order valence-corrected chi connectivity index (χ0v) is 7.09. The summed E-state index contributed by atoms with van der Waals surface area (Å²) in [6.07, 6.45) is -1.21. The standard InChI is InChI=1S/C6H11N3O4/c1-4(10)8-9-5(11)2-3-7-6(12)13/h7H,2-3H2,1H3,(H,8,10)(H,9,11)(H,12,13). The Morgan fingerprint density at radius 3 is 2.31 bits per heavy atom. The molecule has 7 nitrogen and oxygen atoms in total. The van der Waals surface area contributed by atoms with Crippen molar-refractivity contribution in [1.29, 1.82) is 0 Å². The predicted octanol–water partition coefficient (Wildman–Crippen LogP) is -1.19. The number of hydrogen-bond acceptors (Lipinski definition) is 3. The molecule has 0 radical (unpaired) electrons. The maximum Gasteiger partial charge on any atom is 0.404 e. The summed E-state index contributed by atoms with van der Waals surface area (Å²) in [7, 11) is 0. The highest BCUT2D eigenvalue weighted by molar-refractivity contribution is 5.81. The Bertz CT molecular complexity index is 216. The second-order valence-corrected chi connectivity index (χ2v) is 2.21. The van der Waals surface area contributed by atoms with E-state index in [1.165, 1.54) is 6.92 Å². The maximum absolute atomic E-state index is 10.8. The molecular weight excluding hydrogens is 178 g/mol. The van der Waals surface area contributed by atoms with E-state index in [0.717, 1.165) is 0 Å². The number of carbonyl (C=O) groups excluding carboxylic acids is 2. The summed E-state index contributed by atoms with van der Waals surface area (Å²) < 4.78 is 0. The Morgan fingerprint density at radius 1 is 1.23 bits per heavy atom. The smallest absolute Gasteiger partial charge is 0.404 e. The molecule has 0 rings (SSSR count). The van der Waals surface area contributed by atoms with Gasteiger partial charge in [0.2, 0.25) is 11.8 Å². The molecule has 0 aromatic carbocycles. The Hall–Kier alpha value is -1.79. The van der Waals surface area contributed by atoms with Crippen molar-refractivity contribution in [3.8, 4) is 0 Å². The fourth-order valence-electron chi connectivity index (χ4n) is 0.503. The normalized spacial score (nSPS) is 8.69. The molecule has 0 fully saturated rings. The SMILES string of the molecule is CC(=O)NNC(=O)CCNC(=O)O. The van der Waals surface area contributed by atoms with E-state index in [1.807, 2.05) is 5.32 Å². The third-order valence-corrected chi connectivity index (χ3v) is 1.01. The van der Waals surface area contributed by atoms with Crippen molar-refractivity contribution < 1.29 is 19.5 Å². The molecule has 13 heavy (non-hydrogen) atoms. The second-order valence-electron chi connectivity index (χ2n) is 2.21. The summed E-state index contributed by atoms with van der Waals surface area (Å²) in [6, 6.07) is 0. The number of carbonyl (C=O) groups is 3. The lowest BCUT2D eigenvalue weighted by atomic mass is 10.4. The van der Waals surface area contributed by atoms with Crippen LogP contribution in [0.1, 0.15) is 13.3 Å². The van der Waals surface area contributed by atoms with Gasteiger partial charge in [-0.15, -0.1) is 0 Å². The van der Waals surface area contributed by atoms with Crippen molar-refractivity contribution in [2.75, 3.05) is 6.54 Å². The van der Waals surface area contributed by atoms with Crippen LogP contribution in [0.15, 0.2) is 0 Å². The number of nitrogens with one attached hydrogen (secondary N) is 3. The largest absolute Gasteiger partial charge is 0.465 e. The topological polar surface area (TPSA) is 108 Å². The van der Waals surface area contributed by atoms with Gasteiger partial charge in [-0.05, 0) is 0 Å². The van der Waals surface area contributed by atoms with Gasteiger partial charge in [-0.1, -0.05) is 0 Å². The average Bonchev–Trinajstić information content (AvgIpc) is 2.00. The lowest BCUT2D eigenvalue weighted by molar-refractivity contribution is -0.127. The monoisotopic (exact) mass is 189 g/mol. The number of amides is 3. The van der Waals surface area contributed by atoms with Crippen molar-refractivity contribution in [3.05, 3.63) is 0 Å². The van der Waals surface area contributed by atoms with Gasteiger partial charge in [-0.3, -0.25) is 20.4 Å². The van der Waals surface area contributed by atoms with Crippen LogP contribution >= 0.6 is 0 Å². The van der Waals surface area contributed by atoms with E-state index >= 15 is 0 Å². The Labute approximate surface area is 74.5 Å². The summed E-state index contributed by atoms with van der Waals surface area (Å²) in [6.45, 7) is 1.26. The van der Waals surface area contributed by atoms with E-state index in [4.69, 9.17) is 5.11 Å². The zero-order chi connectivity index (χ0) is 10.3. The van der Waals surface area contributed by atoms with Gasteiger partial charge in [0, 0.05) is 19.9 Å². The summed E-state index contributed by atoms with van der Waals surface area (Å²) in [5.41, 5.74) is 4.15. The van der Waals surface area contributed by atoms with Crippen molar-refractivity contribution in [1.82, 2.24) is 16.2 Å². The van der Waals surface area contributed by atoms with Crippen molar-refractivity contribution in [2.24, 2.45) is 0 Å². The molecule has 4 N–H and O–H groups in total. The number of carboxylic acid groups (broad SMARTS) is 1. The molecule has 3 amide bonds. The van der Waals surface area contributed by atoms with Gasteiger partial charge in [-0.25, -0.2) is 4.79 Å². The Balaban J connectivity index is 3.41. The van der Waals surface area contributed by atoms with Crippen molar-refractivity contribution in [2.45, 2.75) is 13.3 Å². The molecule has 0 heterocycles. The quantitative estimate of drug-likeness (QED) is 0.419. The molecule has 74 valence electrons. The zero-order valence-electron chi connectivity index (χ0n) is 7.09. The van der Waals surface area contributed by atoms with Crippen LogP contribution in [0, 0.1) is 0 Å². The van der Waals surface area contributed by atoms with Crippen LogP contribution < -0.4 is 16.2 Å². The molecule has 0 bridgehead atoms. The second kappa shape index (κ2) is 5.81. The van der Waals surface area contributed by atoms with Crippen molar-refractivity contribution >= 4 is 17.9 Å². The van der Waals surface area contributed by atoms with Gasteiger partial charge in [0.05, 0.1) is 0 Å². The van der Waals surface area contributed by atoms with E-state index in [-0.39, 0.29) is 18.9 Å². The first-order valence-corrected chi connectivity index (χ1v) is 3.54. The van der Waals surface area contributed by atoms with Crippen LogP contribution in [-0.4, -0.2) is 29.6 Å². The number of hydrazine groups is 1. The van der Waals surface area contributed by atoms with Gasteiger partial charge >= 0.3 is 6.09 Å². The Morgan fingerprint density at radius 2 is 1.85 bits per heavy atom. The summed E-state index contributed by atoms with van der Waals surface area (Å²) in [5, 5.41) is 10.1. The van der Waals surface area contributed by atoms with Gasteiger partial charge < -0.3 is 10.4 Å². The molecular formula is C6H11N3O4. The molecule has 0 aromatic heterocycles. The van der Waals surface area contributed by atoms with Crippen LogP contribution in [0.4, 0.5) is 4.79 Å². The molecule has 0 unspecified atom stereocenters. The minimum Gasteiger partial charge on any atom is -0.465 e. The van der Waals surface area contributed by atoms with Crippen LogP contribution in [0.25, 0.3) is 0 Å². The van der Waals surface area contributed by atoms with E-state index in [0.29, 0.717) is 0 Å². The average molecular weight is 189 g/mol. The van der Waals surface area contributed by atoms with E-state index < -0.39 is 12.0 Å². The highest BCUT2D eigenvalue weighted by atomic mass is 16.4. The highest BCUT2D eigenvalue weighted by Gasteiger charge is 2.01. The fraction of sp³-hybridized carbons (Fsp3) is 0.500. The van der Waals surface area contributed by atoms with Crippen LogP contribution in [0.2, 0.25) is 0 Å². The third kappa shape index (κ3) is 8.11. The highest BCUT2D eigenvalue weighted by Crippen LogP contribution is 1.75. The van der Waals surface area contributed by atoms with Crippen LogP contribution in [0.5, 0.6) is 0 Å². The lowest BCUT2D eigenvalue weighted by Crippen LogP contribution is -2.41. The van der Waals surface area contributed by atoms with Crippen LogP contribution in [0.3, 0.4) is 0 Å². The summed E-state index contributed by atoms with van der Waals surface area (Å²) in [4.78, 5) is 31.0. The first-order chi connectivity index (χ1) is 6.02. The molecule has 0 spiro atoms. The molecule has 0 aromatic rings. The van der Waals surface area contributed by atoms with E-state index in [1.54, 1.807) is 0 Å². The first-order valence-electron chi connectivity index (χ1n) is 3.54. The fourth-order valence-corrected chi connectivity index (χ4v) is 0.503. The molecule has 0 aliphatic heterocycles. The molecule has 0 aliphatic rings. The summed E-state index contributed by atoms with van der Waals surface area (Å²) >= 11 is 0. The minimum absolute atomic E-state index is 0.0146. The minimum atomic E-state index is -1.19. The molecule has 7 heteroatoms. The van der Waals surface area contributed by atoms with Gasteiger partial charge in [0.15, 0.2) is 0 Å². The third-order valence-electron chi connectivity index (χ3n) is 1.01. The number of hydrogen-bond donors (Lipinski definition) is 4. The van der Waals surface area contributed by atoms with Gasteiger partial charge in [0.1, 0.15) is 0 Å². The Kier molecular flexibility index (Phi) is 5.01. The lowest BCUT2D eigenvalue weighted by Gasteiger charge is -2.04. The number of rotatable bonds is 3. The molecule has 0 aliphatic carbocycles. The molecule has 0 atom stereocenters. The van der Waals surface area contributed by atoms with Crippen molar-refractivity contribution in [3.63, 3.8) is 0 Å². The maximum atomic E-state index is 10.8. The molecule has 0 saturated heterocycles. The van der Waals surface area contributed by atoms with E-state index in [2.05, 4.69) is 10.9 Å². The van der Waals surface area contributed by atoms with Gasteiger partial charge in [-0.2, -0.15) is 0 Å². The first kappa shape index (κ1) is 11.2.